The van der Waals surface area contributed by atoms with Crippen molar-refractivity contribution in [2.24, 2.45) is 0 Å². The van der Waals surface area contributed by atoms with Crippen LogP contribution in [0.1, 0.15) is 16.1 Å². The Balaban J connectivity index is 1.84. The van der Waals surface area contributed by atoms with Crippen LogP contribution in [0.3, 0.4) is 0 Å². The second-order valence-electron chi connectivity index (χ2n) is 6.66. The molecule has 0 saturated heterocycles. The third kappa shape index (κ3) is 5.82. The van der Waals surface area contributed by atoms with Gasteiger partial charge in [-0.05, 0) is 42.0 Å². The van der Waals surface area contributed by atoms with Crippen LogP contribution in [0.4, 0.5) is 17.6 Å². The molecule has 1 N–H and O–H groups in total. The largest absolute Gasteiger partial charge is 0.573 e. The zero-order valence-corrected chi connectivity index (χ0v) is 17.3. The molecule has 0 bridgehead atoms. The van der Waals surface area contributed by atoms with Gasteiger partial charge in [-0.2, -0.15) is 0 Å². The van der Waals surface area contributed by atoms with Crippen molar-refractivity contribution in [3.8, 4) is 17.0 Å². The number of carbonyl (C=O) groups excluding carboxylic acids is 1. The standard InChI is InChI=1S/C21H16F4N2O4S/c1-32(29,30)19-11-14(22)10-9-13(19)12-26-20(28)17-7-4-6-16(27-17)15-5-2-3-8-18(15)31-21(23,24)25/h2-11H,12H2,1H3,(H,26,28). The quantitative estimate of drug-likeness (QED) is 0.550. The van der Waals surface area contributed by atoms with E-state index < -0.39 is 33.7 Å². The van der Waals surface area contributed by atoms with Crippen molar-refractivity contribution in [1.82, 2.24) is 10.3 Å². The molecule has 0 fully saturated rings. The molecule has 1 aromatic heterocycles. The predicted molar refractivity (Wildman–Crippen MR) is 107 cm³/mol. The minimum atomic E-state index is -4.91. The van der Waals surface area contributed by atoms with Crippen LogP contribution in [-0.4, -0.2) is 31.9 Å². The summed E-state index contributed by atoms with van der Waals surface area (Å²) in [6, 6.07) is 12.7. The van der Waals surface area contributed by atoms with Crippen molar-refractivity contribution in [1.29, 1.82) is 0 Å². The number of amides is 1. The molecule has 3 rings (SSSR count). The lowest BCUT2D eigenvalue weighted by molar-refractivity contribution is -0.274. The average molecular weight is 468 g/mol. The van der Waals surface area contributed by atoms with Crippen LogP contribution in [0, 0.1) is 5.82 Å². The zero-order valence-electron chi connectivity index (χ0n) is 16.5. The average Bonchev–Trinajstić information content (AvgIpc) is 2.71. The van der Waals surface area contributed by atoms with Crippen LogP contribution in [0.2, 0.25) is 0 Å². The molecule has 2 aromatic carbocycles. The number of sulfone groups is 1. The number of ether oxygens (including phenoxy) is 1. The highest BCUT2D eigenvalue weighted by molar-refractivity contribution is 7.90. The lowest BCUT2D eigenvalue weighted by Crippen LogP contribution is -2.25. The Morgan fingerprint density at radius 3 is 2.47 bits per heavy atom. The van der Waals surface area contributed by atoms with E-state index in [1.54, 1.807) is 0 Å². The maximum absolute atomic E-state index is 13.4. The fourth-order valence-electron chi connectivity index (χ4n) is 2.89. The molecular formula is C21H16F4N2O4S. The molecule has 0 spiro atoms. The van der Waals surface area contributed by atoms with Gasteiger partial charge in [-0.15, -0.1) is 13.2 Å². The molecule has 6 nitrogen and oxygen atoms in total. The van der Waals surface area contributed by atoms with Gasteiger partial charge in [0.15, 0.2) is 9.84 Å². The van der Waals surface area contributed by atoms with Crippen molar-refractivity contribution in [2.45, 2.75) is 17.8 Å². The highest BCUT2D eigenvalue weighted by Crippen LogP contribution is 2.32. The summed E-state index contributed by atoms with van der Waals surface area (Å²) in [5.74, 6) is -1.92. The molecule has 0 aliphatic heterocycles. The van der Waals surface area contributed by atoms with E-state index in [9.17, 15) is 30.8 Å². The van der Waals surface area contributed by atoms with Crippen LogP contribution in [0.5, 0.6) is 5.75 Å². The van der Waals surface area contributed by atoms with Gasteiger partial charge in [0.25, 0.3) is 5.91 Å². The Hall–Kier alpha value is -3.47. The van der Waals surface area contributed by atoms with Gasteiger partial charge in [-0.25, -0.2) is 17.8 Å². The first-order valence-corrected chi connectivity index (χ1v) is 10.9. The lowest BCUT2D eigenvalue weighted by atomic mass is 10.1. The molecular weight excluding hydrogens is 452 g/mol. The van der Waals surface area contributed by atoms with E-state index in [1.807, 2.05) is 0 Å². The number of nitrogens with one attached hydrogen (secondary N) is 1. The fourth-order valence-corrected chi connectivity index (χ4v) is 3.83. The van der Waals surface area contributed by atoms with Crippen molar-refractivity contribution in [3.63, 3.8) is 0 Å². The monoisotopic (exact) mass is 468 g/mol. The molecule has 0 aliphatic carbocycles. The SMILES string of the molecule is CS(=O)(=O)c1cc(F)ccc1CNC(=O)c1cccc(-c2ccccc2OC(F)(F)F)n1. The number of hydrogen-bond donors (Lipinski definition) is 1. The zero-order chi connectivity index (χ0) is 23.5. The van der Waals surface area contributed by atoms with Crippen molar-refractivity contribution in [3.05, 3.63) is 77.7 Å². The van der Waals surface area contributed by atoms with E-state index in [0.717, 1.165) is 24.5 Å². The summed E-state index contributed by atoms with van der Waals surface area (Å²) >= 11 is 0. The van der Waals surface area contributed by atoms with E-state index in [-0.39, 0.29) is 34.0 Å². The summed E-state index contributed by atoms with van der Waals surface area (Å²) in [6.45, 7) is -0.235. The number of para-hydroxylation sites is 1. The number of aromatic nitrogens is 1. The van der Waals surface area contributed by atoms with E-state index in [2.05, 4.69) is 15.0 Å². The van der Waals surface area contributed by atoms with Gasteiger partial charge in [0, 0.05) is 18.4 Å². The van der Waals surface area contributed by atoms with Crippen LogP contribution < -0.4 is 10.1 Å². The summed E-state index contributed by atoms with van der Waals surface area (Å²) < 4.78 is 79.2. The van der Waals surface area contributed by atoms with E-state index in [0.29, 0.717) is 0 Å². The van der Waals surface area contributed by atoms with Gasteiger partial charge >= 0.3 is 6.36 Å². The van der Waals surface area contributed by atoms with E-state index >= 15 is 0 Å². The number of nitrogens with zero attached hydrogens (tertiary/aromatic N) is 1. The Morgan fingerprint density at radius 1 is 1.06 bits per heavy atom. The summed E-state index contributed by atoms with van der Waals surface area (Å²) in [7, 11) is -3.74. The number of alkyl halides is 3. The van der Waals surface area contributed by atoms with Crippen molar-refractivity contribution >= 4 is 15.7 Å². The number of hydrogen-bond acceptors (Lipinski definition) is 5. The lowest BCUT2D eigenvalue weighted by Gasteiger charge is -2.13. The first-order valence-electron chi connectivity index (χ1n) is 9.03. The number of pyridine rings is 1. The summed E-state index contributed by atoms with van der Waals surface area (Å²) in [6.07, 6.45) is -3.99. The Kier molecular flexibility index (Phi) is 6.49. The summed E-state index contributed by atoms with van der Waals surface area (Å²) in [5, 5.41) is 2.48. The molecule has 3 aromatic rings. The van der Waals surface area contributed by atoms with Crippen molar-refractivity contribution < 1.29 is 35.5 Å². The second-order valence-corrected chi connectivity index (χ2v) is 8.64. The van der Waals surface area contributed by atoms with Gasteiger partial charge in [0.2, 0.25) is 0 Å². The number of carbonyl (C=O) groups is 1. The fraction of sp³-hybridized carbons (Fsp3) is 0.143. The molecule has 0 unspecified atom stereocenters. The third-order valence-corrected chi connectivity index (χ3v) is 5.42. The second kappa shape index (κ2) is 8.95. The van der Waals surface area contributed by atoms with E-state index in [1.165, 1.54) is 42.5 Å². The van der Waals surface area contributed by atoms with Gasteiger partial charge < -0.3 is 10.1 Å². The number of rotatable bonds is 6. The molecule has 0 saturated carbocycles. The van der Waals surface area contributed by atoms with Crippen LogP contribution in [0.15, 0.2) is 65.6 Å². The highest BCUT2D eigenvalue weighted by atomic mass is 32.2. The Bertz CT molecular complexity index is 1260. The molecule has 32 heavy (non-hydrogen) atoms. The normalized spacial score (nSPS) is 11.8. The molecule has 0 radical (unpaired) electrons. The van der Waals surface area contributed by atoms with Gasteiger partial charge in [-0.3, -0.25) is 4.79 Å². The Labute approximate surface area is 180 Å². The van der Waals surface area contributed by atoms with Crippen molar-refractivity contribution in [2.75, 3.05) is 6.26 Å². The van der Waals surface area contributed by atoms with Crippen LogP contribution in [-0.2, 0) is 16.4 Å². The first-order chi connectivity index (χ1) is 14.9. The molecule has 1 amide bonds. The molecule has 11 heteroatoms. The van der Waals surface area contributed by atoms with E-state index in [4.69, 9.17) is 0 Å². The maximum atomic E-state index is 13.4. The maximum Gasteiger partial charge on any atom is 0.573 e. The molecule has 168 valence electrons. The van der Waals surface area contributed by atoms with Gasteiger partial charge in [0.05, 0.1) is 10.6 Å². The molecule has 1 heterocycles. The molecule has 0 atom stereocenters. The minimum Gasteiger partial charge on any atom is -0.405 e. The number of halogens is 4. The smallest absolute Gasteiger partial charge is 0.405 e. The third-order valence-electron chi connectivity index (χ3n) is 4.24. The summed E-state index contributed by atoms with van der Waals surface area (Å²) in [4.78, 5) is 16.4. The summed E-state index contributed by atoms with van der Waals surface area (Å²) in [5.41, 5.74) is 0.142. The van der Waals surface area contributed by atoms with Crippen LogP contribution >= 0.6 is 0 Å². The van der Waals surface area contributed by atoms with Gasteiger partial charge in [-0.1, -0.05) is 24.3 Å². The minimum absolute atomic E-state index is 0.0253. The van der Waals surface area contributed by atoms with Gasteiger partial charge in [0.1, 0.15) is 17.3 Å². The topological polar surface area (TPSA) is 85.4 Å². The highest BCUT2D eigenvalue weighted by Gasteiger charge is 2.32. The van der Waals surface area contributed by atoms with Crippen LogP contribution in [0.25, 0.3) is 11.3 Å². The first kappa shape index (κ1) is 23.2. The molecule has 0 aliphatic rings. The Morgan fingerprint density at radius 2 is 1.78 bits per heavy atom. The number of benzene rings is 2. The predicted octanol–water partition coefficient (Wildman–Crippen LogP) is 4.12.